The lowest BCUT2D eigenvalue weighted by Crippen LogP contribution is -2.15. The lowest BCUT2D eigenvalue weighted by molar-refractivity contribution is 0.532. The third-order valence-corrected chi connectivity index (χ3v) is 2.64. The first kappa shape index (κ1) is 11.2. The van der Waals surface area contributed by atoms with Gasteiger partial charge < -0.3 is 5.73 Å². The Kier molecular flexibility index (Phi) is 4.60. The third kappa shape index (κ3) is 3.46. The molecule has 14 heavy (non-hydrogen) atoms. The highest BCUT2D eigenvalue weighted by atomic mass is 14.6. The van der Waals surface area contributed by atoms with E-state index in [0.717, 1.165) is 6.42 Å². The van der Waals surface area contributed by atoms with E-state index >= 15 is 0 Å². The number of aromatic nitrogens is 1. The lowest BCUT2D eigenvalue weighted by atomic mass is 9.91. The van der Waals surface area contributed by atoms with Crippen LogP contribution in [0, 0.1) is 0 Å². The molecule has 1 aromatic heterocycles. The molecule has 0 saturated carbocycles. The van der Waals surface area contributed by atoms with Gasteiger partial charge in [-0.15, -0.1) is 0 Å². The summed E-state index contributed by atoms with van der Waals surface area (Å²) in [5.41, 5.74) is 7.15. The fourth-order valence-corrected chi connectivity index (χ4v) is 1.71. The lowest BCUT2D eigenvalue weighted by Gasteiger charge is -2.16. The zero-order valence-electron chi connectivity index (χ0n) is 9.11. The first-order valence-corrected chi connectivity index (χ1v) is 5.39. The van der Waals surface area contributed by atoms with Crippen molar-refractivity contribution in [2.45, 2.75) is 45.1 Å². The molecule has 0 fully saturated rings. The topological polar surface area (TPSA) is 38.9 Å². The number of rotatable bonds is 5. The minimum atomic E-state index is 0.311. The van der Waals surface area contributed by atoms with Gasteiger partial charge in [-0.3, -0.25) is 4.98 Å². The van der Waals surface area contributed by atoms with Crippen molar-refractivity contribution in [2.75, 3.05) is 0 Å². The van der Waals surface area contributed by atoms with Crippen molar-refractivity contribution in [2.24, 2.45) is 5.73 Å². The van der Waals surface area contributed by atoms with Gasteiger partial charge in [0, 0.05) is 18.4 Å². The SMILES string of the molecule is CCC(CCC(C)N)c1ccncc1. The van der Waals surface area contributed by atoms with Gasteiger partial charge in [0.15, 0.2) is 0 Å². The van der Waals surface area contributed by atoms with Crippen molar-refractivity contribution in [1.29, 1.82) is 0 Å². The molecule has 0 aliphatic heterocycles. The van der Waals surface area contributed by atoms with E-state index < -0.39 is 0 Å². The van der Waals surface area contributed by atoms with E-state index in [1.54, 1.807) is 0 Å². The smallest absolute Gasteiger partial charge is 0.0270 e. The molecule has 2 atom stereocenters. The zero-order valence-corrected chi connectivity index (χ0v) is 9.11. The maximum atomic E-state index is 5.76. The van der Waals surface area contributed by atoms with Gasteiger partial charge in [-0.2, -0.15) is 0 Å². The average Bonchev–Trinajstić information content (AvgIpc) is 2.20. The molecule has 1 heterocycles. The Hall–Kier alpha value is -0.890. The molecule has 2 nitrogen and oxygen atoms in total. The molecule has 0 amide bonds. The van der Waals surface area contributed by atoms with Crippen LogP contribution in [0.25, 0.3) is 0 Å². The highest BCUT2D eigenvalue weighted by molar-refractivity contribution is 5.15. The van der Waals surface area contributed by atoms with E-state index in [0.29, 0.717) is 12.0 Å². The summed E-state index contributed by atoms with van der Waals surface area (Å²) < 4.78 is 0. The molecule has 0 aromatic carbocycles. The van der Waals surface area contributed by atoms with Crippen LogP contribution in [0.4, 0.5) is 0 Å². The van der Waals surface area contributed by atoms with Gasteiger partial charge in [0.1, 0.15) is 0 Å². The van der Waals surface area contributed by atoms with Crippen LogP contribution in [-0.2, 0) is 0 Å². The molecule has 1 aromatic rings. The van der Waals surface area contributed by atoms with Crippen molar-refractivity contribution in [3.63, 3.8) is 0 Å². The Morgan fingerprint density at radius 3 is 2.43 bits per heavy atom. The maximum Gasteiger partial charge on any atom is 0.0270 e. The first-order valence-electron chi connectivity index (χ1n) is 5.39. The third-order valence-electron chi connectivity index (χ3n) is 2.64. The zero-order chi connectivity index (χ0) is 10.4. The monoisotopic (exact) mass is 192 g/mol. The van der Waals surface area contributed by atoms with Gasteiger partial charge in [0.05, 0.1) is 0 Å². The molecular formula is C12H20N2. The number of nitrogens with zero attached hydrogens (tertiary/aromatic N) is 1. The highest BCUT2D eigenvalue weighted by Gasteiger charge is 2.09. The van der Waals surface area contributed by atoms with Crippen LogP contribution in [0.15, 0.2) is 24.5 Å². The quantitative estimate of drug-likeness (QED) is 0.779. The van der Waals surface area contributed by atoms with E-state index in [2.05, 4.69) is 31.0 Å². The minimum absolute atomic E-state index is 0.311. The molecule has 0 aliphatic carbocycles. The largest absolute Gasteiger partial charge is 0.328 e. The summed E-state index contributed by atoms with van der Waals surface area (Å²) in [7, 11) is 0. The van der Waals surface area contributed by atoms with Gasteiger partial charge >= 0.3 is 0 Å². The summed E-state index contributed by atoms with van der Waals surface area (Å²) in [5.74, 6) is 0.643. The van der Waals surface area contributed by atoms with Gasteiger partial charge in [-0.05, 0) is 49.8 Å². The molecule has 2 unspecified atom stereocenters. The van der Waals surface area contributed by atoms with Crippen molar-refractivity contribution in [1.82, 2.24) is 4.98 Å². The fourth-order valence-electron chi connectivity index (χ4n) is 1.71. The molecular weight excluding hydrogens is 172 g/mol. The van der Waals surface area contributed by atoms with Crippen LogP contribution in [0.3, 0.4) is 0 Å². The van der Waals surface area contributed by atoms with E-state index in [4.69, 9.17) is 5.73 Å². The van der Waals surface area contributed by atoms with Gasteiger partial charge in [0.25, 0.3) is 0 Å². The summed E-state index contributed by atoms with van der Waals surface area (Å²) >= 11 is 0. The number of pyridine rings is 1. The van der Waals surface area contributed by atoms with Crippen LogP contribution in [0.1, 0.15) is 44.6 Å². The summed E-state index contributed by atoms with van der Waals surface area (Å²) in [6.45, 7) is 4.30. The molecule has 0 spiro atoms. The molecule has 1 rings (SSSR count). The fraction of sp³-hybridized carbons (Fsp3) is 0.583. The molecule has 0 bridgehead atoms. The van der Waals surface area contributed by atoms with Crippen LogP contribution < -0.4 is 5.73 Å². The van der Waals surface area contributed by atoms with Crippen molar-refractivity contribution in [3.05, 3.63) is 30.1 Å². The second-order valence-corrected chi connectivity index (χ2v) is 3.94. The van der Waals surface area contributed by atoms with Gasteiger partial charge in [-0.25, -0.2) is 0 Å². The Labute approximate surface area is 86.5 Å². The Morgan fingerprint density at radius 1 is 1.29 bits per heavy atom. The van der Waals surface area contributed by atoms with Crippen molar-refractivity contribution >= 4 is 0 Å². The summed E-state index contributed by atoms with van der Waals surface area (Å²) in [4.78, 5) is 4.03. The first-order chi connectivity index (χ1) is 6.74. The standard InChI is InChI=1S/C12H20N2/c1-3-11(5-4-10(2)13)12-6-8-14-9-7-12/h6-11H,3-5,13H2,1-2H3. The van der Waals surface area contributed by atoms with E-state index in [1.807, 2.05) is 12.4 Å². The Balaban J connectivity index is 2.54. The predicted octanol–water partition coefficient (Wildman–Crippen LogP) is 2.70. The van der Waals surface area contributed by atoms with Crippen LogP contribution in [-0.4, -0.2) is 11.0 Å². The van der Waals surface area contributed by atoms with Gasteiger partial charge in [-0.1, -0.05) is 6.92 Å². The summed E-state index contributed by atoms with van der Waals surface area (Å²) in [5, 5.41) is 0. The van der Waals surface area contributed by atoms with E-state index in [-0.39, 0.29) is 0 Å². The molecule has 2 heteroatoms. The minimum Gasteiger partial charge on any atom is -0.328 e. The van der Waals surface area contributed by atoms with Crippen LogP contribution >= 0.6 is 0 Å². The predicted molar refractivity (Wildman–Crippen MR) is 60.2 cm³/mol. The maximum absolute atomic E-state index is 5.76. The van der Waals surface area contributed by atoms with E-state index in [1.165, 1.54) is 18.4 Å². The molecule has 0 aliphatic rings. The van der Waals surface area contributed by atoms with Crippen LogP contribution in [0.5, 0.6) is 0 Å². The second-order valence-electron chi connectivity index (χ2n) is 3.94. The molecule has 78 valence electrons. The number of hydrogen-bond donors (Lipinski definition) is 1. The number of nitrogens with two attached hydrogens (primary N) is 1. The average molecular weight is 192 g/mol. The summed E-state index contributed by atoms with van der Waals surface area (Å²) in [6.07, 6.45) is 7.18. The number of hydrogen-bond acceptors (Lipinski definition) is 2. The van der Waals surface area contributed by atoms with Crippen molar-refractivity contribution in [3.8, 4) is 0 Å². The van der Waals surface area contributed by atoms with Crippen LogP contribution in [0.2, 0.25) is 0 Å². The second kappa shape index (κ2) is 5.76. The highest BCUT2D eigenvalue weighted by Crippen LogP contribution is 2.24. The molecule has 2 N–H and O–H groups in total. The normalized spacial score (nSPS) is 15.1. The molecule has 0 saturated heterocycles. The Bertz CT molecular complexity index is 244. The molecule has 0 radical (unpaired) electrons. The van der Waals surface area contributed by atoms with Gasteiger partial charge in [0.2, 0.25) is 0 Å². The van der Waals surface area contributed by atoms with Crippen molar-refractivity contribution < 1.29 is 0 Å². The van der Waals surface area contributed by atoms with E-state index in [9.17, 15) is 0 Å². The summed E-state index contributed by atoms with van der Waals surface area (Å²) in [6, 6.07) is 4.52. The Morgan fingerprint density at radius 2 is 1.93 bits per heavy atom.